The van der Waals surface area contributed by atoms with Crippen molar-refractivity contribution < 1.29 is 14.0 Å². The largest absolute Gasteiger partial charge is 0.294 e. The number of anilines is 1. The van der Waals surface area contributed by atoms with E-state index in [9.17, 15) is 14.0 Å². The highest BCUT2D eigenvalue weighted by atomic mass is 19.1. The Bertz CT molecular complexity index is 933. The minimum absolute atomic E-state index is 0.0784. The molecule has 0 radical (unpaired) electrons. The lowest BCUT2D eigenvalue weighted by atomic mass is 9.69. The van der Waals surface area contributed by atoms with Gasteiger partial charge in [-0.05, 0) is 47.7 Å². The van der Waals surface area contributed by atoms with Crippen LogP contribution in [0.15, 0.2) is 60.1 Å². The minimum atomic E-state index is -0.356. The van der Waals surface area contributed by atoms with Crippen LogP contribution in [0.1, 0.15) is 44.6 Å². The van der Waals surface area contributed by atoms with Gasteiger partial charge in [0.15, 0.2) is 5.78 Å². The molecule has 5 heteroatoms. The molecule has 0 saturated heterocycles. The van der Waals surface area contributed by atoms with Gasteiger partial charge in [-0.2, -0.15) is 0 Å². The number of pyridine rings is 1. The number of aromatic nitrogens is 1. The smallest absolute Gasteiger partial charge is 0.232 e. The van der Waals surface area contributed by atoms with E-state index in [1.165, 1.54) is 12.1 Å². The highest BCUT2D eigenvalue weighted by Crippen LogP contribution is 2.47. The Kier molecular flexibility index (Phi) is 4.17. The molecule has 1 aromatic heterocycles. The third-order valence-corrected chi connectivity index (χ3v) is 5.31. The molecular formula is C22H21FN2O2. The lowest BCUT2D eigenvalue weighted by Gasteiger charge is -2.42. The zero-order valence-corrected chi connectivity index (χ0v) is 15.4. The molecule has 4 nitrogen and oxygen atoms in total. The first-order valence-corrected chi connectivity index (χ1v) is 9.10. The molecule has 0 N–H and O–H groups in total. The summed E-state index contributed by atoms with van der Waals surface area (Å²) in [4.78, 5) is 32.0. The van der Waals surface area contributed by atoms with Gasteiger partial charge < -0.3 is 0 Å². The summed E-state index contributed by atoms with van der Waals surface area (Å²) in [5.74, 6) is -0.637. The van der Waals surface area contributed by atoms with Crippen LogP contribution in [0.25, 0.3) is 0 Å². The van der Waals surface area contributed by atoms with Crippen LogP contribution in [0.5, 0.6) is 0 Å². The second-order valence-corrected chi connectivity index (χ2v) is 8.05. The predicted octanol–water partition coefficient (Wildman–Crippen LogP) is 4.38. The molecule has 27 heavy (non-hydrogen) atoms. The Morgan fingerprint density at radius 1 is 1.11 bits per heavy atom. The Morgan fingerprint density at radius 2 is 1.85 bits per heavy atom. The van der Waals surface area contributed by atoms with E-state index in [2.05, 4.69) is 4.98 Å². The Balaban J connectivity index is 1.89. The van der Waals surface area contributed by atoms with Crippen LogP contribution < -0.4 is 4.90 Å². The summed E-state index contributed by atoms with van der Waals surface area (Å²) in [5, 5.41) is 0. The number of hydrogen-bond donors (Lipinski definition) is 0. The fraction of sp³-hybridized carbons (Fsp3) is 0.318. The number of benzene rings is 1. The third kappa shape index (κ3) is 3.18. The van der Waals surface area contributed by atoms with Crippen molar-refractivity contribution in [1.82, 2.24) is 4.98 Å². The van der Waals surface area contributed by atoms with Crippen LogP contribution >= 0.6 is 0 Å². The molecule has 1 amide bonds. The van der Waals surface area contributed by atoms with E-state index in [1.54, 1.807) is 29.4 Å². The standard InChI is InChI=1S/C22H21FN2O2/c1-22(2)11-18-21(19(26)12-22)17(14-4-3-9-24-13-14)10-20(27)25(18)16-7-5-15(23)6-8-16/h3-9,13,17H,10-12H2,1-2H3/t17-/m0/s1. The summed E-state index contributed by atoms with van der Waals surface area (Å²) < 4.78 is 13.4. The number of halogens is 1. The fourth-order valence-electron chi connectivity index (χ4n) is 4.17. The first-order chi connectivity index (χ1) is 12.9. The van der Waals surface area contributed by atoms with Gasteiger partial charge in [-0.25, -0.2) is 4.39 Å². The number of allylic oxidation sites excluding steroid dienone is 2. The first kappa shape index (κ1) is 17.6. The Morgan fingerprint density at radius 3 is 2.52 bits per heavy atom. The van der Waals surface area contributed by atoms with Crippen LogP contribution in [0.2, 0.25) is 0 Å². The first-order valence-electron chi connectivity index (χ1n) is 9.10. The zero-order valence-electron chi connectivity index (χ0n) is 15.4. The highest BCUT2D eigenvalue weighted by molar-refractivity contribution is 6.07. The van der Waals surface area contributed by atoms with E-state index in [4.69, 9.17) is 0 Å². The van der Waals surface area contributed by atoms with Gasteiger partial charge in [0.25, 0.3) is 0 Å². The molecule has 1 aliphatic carbocycles. The monoisotopic (exact) mass is 364 g/mol. The molecule has 2 aromatic rings. The van der Waals surface area contributed by atoms with Crippen molar-refractivity contribution in [2.45, 2.75) is 39.0 Å². The molecule has 138 valence electrons. The van der Waals surface area contributed by atoms with Gasteiger partial charge in [0, 0.05) is 48.1 Å². The maximum Gasteiger partial charge on any atom is 0.232 e. The van der Waals surface area contributed by atoms with E-state index in [0.717, 1.165) is 11.3 Å². The summed E-state index contributed by atoms with van der Waals surface area (Å²) in [7, 11) is 0. The minimum Gasteiger partial charge on any atom is -0.294 e. The fourth-order valence-corrected chi connectivity index (χ4v) is 4.17. The Labute approximate surface area is 157 Å². The highest BCUT2D eigenvalue weighted by Gasteiger charge is 2.44. The number of rotatable bonds is 2. The van der Waals surface area contributed by atoms with Gasteiger partial charge >= 0.3 is 0 Å². The van der Waals surface area contributed by atoms with Gasteiger partial charge in [0.1, 0.15) is 5.82 Å². The molecule has 1 atom stereocenters. The topological polar surface area (TPSA) is 50.3 Å². The van der Waals surface area contributed by atoms with E-state index < -0.39 is 0 Å². The normalized spacial score (nSPS) is 22.0. The van der Waals surface area contributed by atoms with E-state index in [0.29, 0.717) is 24.1 Å². The van der Waals surface area contributed by atoms with Crippen molar-refractivity contribution in [3.8, 4) is 0 Å². The molecule has 0 bridgehead atoms. The maximum atomic E-state index is 13.4. The second kappa shape index (κ2) is 6.41. The molecule has 4 rings (SSSR count). The predicted molar refractivity (Wildman–Crippen MR) is 101 cm³/mol. The average Bonchev–Trinajstić information content (AvgIpc) is 2.62. The molecule has 0 fully saturated rings. The van der Waals surface area contributed by atoms with Crippen molar-refractivity contribution in [2.24, 2.45) is 5.41 Å². The number of nitrogens with zero attached hydrogens (tertiary/aromatic N) is 2. The molecule has 2 aliphatic rings. The molecule has 0 saturated carbocycles. The molecule has 1 aliphatic heterocycles. The van der Waals surface area contributed by atoms with Gasteiger partial charge in [0.05, 0.1) is 0 Å². The van der Waals surface area contributed by atoms with Crippen molar-refractivity contribution >= 4 is 17.4 Å². The number of ketones is 1. The van der Waals surface area contributed by atoms with Crippen LogP contribution in [0.4, 0.5) is 10.1 Å². The Hall–Kier alpha value is -2.82. The van der Waals surface area contributed by atoms with Gasteiger partial charge in [-0.3, -0.25) is 19.5 Å². The number of carbonyl (C=O) groups is 2. The van der Waals surface area contributed by atoms with Crippen molar-refractivity contribution in [3.05, 3.63) is 71.4 Å². The van der Waals surface area contributed by atoms with Crippen molar-refractivity contribution in [3.63, 3.8) is 0 Å². The van der Waals surface area contributed by atoms with E-state index in [-0.39, 0.29) is 35.3 Å². The van der Waals surface area contributed by atoms with Gasteiger partial charge in [-0.15, -0.1) is 0 Å². The summed E-state index contributed by atoms with van der Waals surface area (Å²) in [6.07, 6.45) is 4.68. The summed E-state index contributed by atoms with van der Waals surface area (Å²) in [6.45, 7) is 4.07. The maximum absolute atomic E-state index is 13.4. The number of hydrogen-bond acceptors (Lipinski definition) is 3. The molecule has 2 heterocycles. The molecular weight excluding hydrogens is 343 g/mol. The summed E-state index contributed by atoms with van der Waals surface area (Å²) in [5.41, 5.74) is 2.69. The number of Topliss-reactive ketones (excluding diaryl/α,β-unsaturated/α-hetero) is 1. The lowest BCUT2D eigenvalue weighted by Crippen LogP contribution is -2.43. The number of amides is 1. The van der Waals surface area contributed by atoms with Crippen molar-refractivity contribution in [2.75, 3.05) is 4.90 Å². The van der Waals surface area contributed by atoms with Crippen LogP contribution in [-0.2, 0) is 9.59 Å². The second-order valence-electron chi connectivity index (χ2n) is 8.05. The van der Waals surface area contributed by atoms with E-state index in [1.807, 2.05) is 26.0 Å². The van der Waals surface area contributed by atoms with Gasteiger partial charge in [0.2, 0.25) is 5.91 Å². The molecule has 0 unspecified atom stereocenters. The molecule has 0 spiro atoms. The van der Waals surface area contributed by atoms with Gasteiger partial charge in [-0.1, -0.05) is 19.9 Å². The average molecular weight is 364 g/mol. The lowest BCUT2D eigenvalue weighted by molar-refractivity contribution is -0.121. The van der Waals surface area contributed by atoms with Crippen LogP contribution in [0.3, 0.4) is 0 Å². The number of carbonyl (C=O) groups excluding carboxylic acids is 2. The summed E-state index contributed by atoms with van der Waals surface area (Å²) >= 11 is 0. The van der Waals surface area contributed by atoms with Crippen LogP contribution in [0, 0.1) is 11.2 Å². The molecule has 1 aromatic carbocycles. The zero-order chi connectivity index (χ0) is 19.2. The quantitative estimate of drug-likeness (QED) is 0.794. The van der Waals surface area contributed by atoms with Crippen molar-refractivity contribution in [1.29, 1.82) is 0 Å². The summed E-state index contributed by atoms with van der Waals surface area (Å²) in [6, 6.07) is 9.60. The SMILES string of the molecule is CC1(C)CC(=O)C2=C(C1)N(c1ccc(F)cc1)C(=O)C[C@H]2c1cccnc1. The van der Waals surface area contributed by atoms with Crippen LogP contribution in [-0.4, -0.2) is 16.7 Å². The third-order valence-electron chi connectivity index (χ3n) is 5.31. The van der Waals surface area contributed by atoms with E-state index >= 15 is 0 Å².